The van der Waals surface area contributed by atoms with Crippen LogP contribution in [0.25, 0.3) is 0 Å². The number of carbonyl (C=O) groups is 1. The molecule has 0 aliphatic rings. The molecule has 0 saturated carbocycles. The van der Waals surface area contributed by atoms with Crippen molar-refractivity contribution in [2.45, 2.75) is 12.8 Å². The highest BCUT2D eigenvalue weighted by molar-refractivity contribution is 7.09. The van der Waals surface area contributed by atoms with Gasteiger partial charge in [-0.25, -0.2) is 0 Å². The molecule has 1 aromatic carbocycles. The molecule has 16 heavy (non-hydrogen) atoms. The van der Waals surface area contributed by atoms with Crippen LogP contribution in [0.2, 0.25) is 0 Å². The van der Waals surface area contributed by atoms with Gasteiger partial charge in [0.25, 0.3) is 0 Å². The second-order valence-corrected chi connectivity index (χ2v) is 4.58. The maximum Gasteiger partial charge on any atom is 0.142 e. The van der Waals surface area contributed by atoms with Crippen molar-refractivity contribution in [1.82, 2.24) is 4.98 Å². The molecular weight excluding hydrogens is 220 g/mol. The lowest BCUT2D eigenvalue weighted by molar-refractivity contribution is -0.117. The van der Waals surface area contributed by atoms with Gasteiger partial charge in [-0.05, 0) is 17.7 Å². The maximum absolute atomic E-state index is 11.7. The van der Waals surface area contributed by atoms with Gasteiger partial charge in [-0.3, -0.25) is 9.78 Å². The number of hydrogen-bond donors (Lipinski definition) is 1. The van der Waals surface area contributed by atoms with Crippen LogP contribution in [0.3, 0.4) is 0 Å². The van der Waals surface area contributed by atoms with Gasteiger partial charge in [0.2, 0.25) is 0 Å². The Labute approximate surface area is 97.9 Å². The van der Waals surface area contributed by atoms with Crippen molar-refractivity contribution < 1.29 is 4.79 Å². The molecule has 0 spiro atoms. The van der Waals surface area contributed by atoms with Crippen molar-refractivity contribution in [3.63, 3.8) is 0 Å². The quantitative estimate of drug-likeness (QED) is 0.821. The summed E-state index contributed by atoms with van der Waals surface area (Å²) in [6.45, 7) is 0. The fourth-order valence-corrected chi connectivity index (χ4v) is 2.14. The molecule has 4 heteroatoms. The second-order valence-electron chi connectivity index (χ2n) is 3.61. The Morgan fingerprint density at radius 2 is 2.25 bits per heavy atom. The first kappa shape index (κ1) is 10.8. The Morgan fingerprint density at radius 3 is 2.94 bits per heavy atom. The zero-order chi connectivity index (χ0) is 11.4. The second kappa shape index (κ2) is 4.90. The van der Waals surface area contributed by atoms with Crippen LogP contribution in [0.1, 0.15) is 10.4 Å². The molecule has 0 radical (unpaired) electrons. The normalized spacial score (nSPS) is 10.2. The summed E-state index contributed by atoms with van der Waals surface area (Å²) in [6, 6.07) is 7.44. The number of hydrogen-bond acceptors (Lipinski definition) is 4. The number of rotatable bonds is 4. The first-order valence-electron chi connectivity index (χ1n) is 4.97. The van der Waals surface area contributed by atoms with Crippen molar-refractivity contribution in [3.8, 4) is 0 Å². The molecule has 2 rings (SSSR count). The summed E-state index contributed by atoms with van der Waals surface area (Å²) in [6.07, 6.45) is 2.63. The molecule has 0 atom stereocenters. The highest BCUT2D eigenvalue weighted by Gasteiger charge is 2.06. The summed E-state index contributed by atoms with van der Waals surface area (Å²) in [5.41, 5.74) is 9.05. The van der Waals surface area contributed by atoms with Gasteiger partial charge in [0.15, 0.2) is 0 Å². The van der Waals surface area contributed by atoms with E-state index in [1.807, 2.05) is 24.3 Å². The van der Waals surface area contributed by atoms with E-state index in [0.29, 0.717) is 18.5 Å². The van der Waals surface area contributed by atoms with Crippen LogP contribution >= 0.6 is 11.3 Å². The van der Waals surface area contributed by atoms with Gasteiger partial charge in [0.1, 0.15) is 5.78 Å². The summed E-state index contributed by atoms with van der Waals surface area (Å²) in [5.74, 6) is 0.190. The first-order valence-corrected chi connectivity index (χ1v) is 5.85. The van der Waals surface area contributed by atoms with E-state index in [1.165, 1.54) is 11.3 Å². The third-order valence-corrected chi connectivity index (χ3v) is 2.99. The van der Waals surface area contributed by atoms with E-state index >= 15 is 0 Å². The predicted octanol–water partition coefficient (Wildman–Crippen LogP) is 2.08. The average molecular weight is 232 g/mol. The SMILES string of the molecule is Nc1cccc(CC(=O)Cc2cncs2)c1. The number of nitrogens with two attached hydrogens (primary N) is 1. The van der Waals surface area contributed by atoms with Crippen LogP contribution in [0.5, 0.6) is 0 Å². The van der Waals surface area contributed by atoms with Crippen molar-refractivity contribution in [2.75, 3.05) is 5.73 Å². The molecule has 2 aromatic rings. The fourth-order valence-electron chi connectivity index (χ4n) is 1.52. The molecule has 82 valence electrons. The third-order valence-electron chi connectivity index (χ3n) is 2.21. The lowest BCUT2D eigenvalue weighted by Crippen LogP contribution is -2.05. The fraction of sp³-hybridized carbons (Fsp3) is 0.167. The van der Waals surface area contributed by atoms with Crippen LogP contribution < -0.4 is 5.73 Å². The lowest BCUT2D eigenvalue weighted by Gasteiger charge is -2.01. The van der Waals surface area contributed by atoms with Crippen LogP contribution in [0.4, 0.5) is 5.69 Å². The Bertz CT molecular complexity index is 480. The highest BCUT2D eigenvalue weighted by Crippen LogP contribution is 2.11. The van der Waals surface area contributed by atoms with E-state index in [1.54, 1.807) is 11.7 Å². The molecule has 0 saturated heterocycles. The standard InChI is InChI=1S/C12H12N2OS/c13-10-3-1-2-9(4-10)5-11(15)6-12-7-14-8-16-12/h1-4,7-8H,5-6,13H2. The first-order chi connectivity index (χ1) is 7.74. The zero-order valence-corrected chi connectivity index (χ0v) is 9.54. The molecule has 0 unspecified atom stereocenters. The summed E-state index contributed by atoms with van der Waals surface area (Å²) in [5, 5.41) is 0. The van der Waals surface area contributed by atoms with Gasteiger partial charge < -0.3 is 5.73 Å². The van der Waals surface area contributed by atoms with Crippen LogP contribution in [0.15, 0.2) is 36.0 Å². The van der Waals surface area contributed by atoms with Crippen molar-refractivity contribution in [2.24, 2.45) is 0 Å². The van der Waals surface area contributed by atoms with E-state index in [-0.39, 0.29) is 5.78 Å². The molecule has 2 N–H and O–H groups in total. The molecule has 0 aliphatic heterocycles. The topological polar surface area (TPSA) is 56.0 Å². The van der Waals surface area contributed by atoms with E-state index < -0.39 is 0 Å². The van der Waals surface area contributed by atoms with Gasteiger partial charge in [-0.15, -0.1) is 11.3 Å². The molecule has 1 aromatic heterocycles. The number of carbonyl (C=O) groups excluding carboxylic acids is 1. The third kappa shape index (κ3) is 2.90. The van der Waals surface area contributed by atoms with Gasteiger partial charge in [0, 0.05) is 29.6 Å². The smallest absolute Gasteiger partial charge is 0.142 e. The molecule has 3 nitrogen and oxygen atoms in total. The number of aromatic nitrogens is 1. The van der Waals surface area contributed by atoms with E-state index in [9.17, 15) is 4.79 Å². The van der Waals surface area contributed by atoms with Gasteiger partial charge in [0.05, 0.1) is 5.51 Å². The van der Waals surface area contributed by atoms with E-state index in [0.717, 1.165) is 10.4 Å². The molecule has 0 aliphatic carbocycles. The number of benzene rings is 1. The van der Waals surface area contributed by atoms with Crippen LogP contribution in [0, 0.1) is 0 Å². The average Bonchev–Trinajstić information content (AvgIpc) is 2.70. The molecule has 0 bridgehead atoms. The van der Waals surface area contributed by atoms with Gasteiger partial charge in [-0.1, -0.05) is 12.1 Å². The number of anilines is 1. The molecular formula is C12H12N2OS. The largest absolute Gasteiger partial charge is 0.399 e. The zero-order valence-electron chi connectivity index (χ0n) is 8.72. The Morgan fingerprint density at radius 1 is 1.38 bits per heavy atom. The summed E-state index contributed by atoms with van der Waals surface area (Å²) < 4.78 is 0. The molecule has 1 heterocycles. The molecule has 0 fully saturated rings. The number of ketones is 1. The Hall–Kier alpha value is -1.68. The predicted molar refractivity (Wildman–Crippen MR) is 65.4 cm³/mol. The minimum atomic E-state index is 0.190. The van der Waals surface area contributed by atoms with Crippen molar-refractivity contribution in [1.29, 1.82) is 0 Å². The summed E-state index contributed by atoms with van der Waals surface area (Å²) >= 11 is 1.51. The number of Topliss-reactive ketones (excluding diaryl/α,β-unsaturated/α-hetero) is 1. The minimum absolute atomic E-state index is 0.190. The Kier molecular flexibility index (Phi) is 3.31. The van der Waals surface area contributed by atoms with Gasteiger partial charge in [-0.2, -0.15) is 0 Å². The van der Waals surface area contributed by atoms with E-state index in [4.69, 9.17) is 5.73 Å². The van der Waals surface area contributed by atoms with Gasteiger partial charge >= 0.3 is 0 Å². The number of thiazole rings is 1. The van der Waals surface area contributed by atoms with Crippen LogP contribution in [-0.4, -0.2) is 10.8 Å². The minimum Gasteiger partial charge on any atom is -0.399 e. The molecule has 0 amide bonds. The monoisotopic (exact) mass is 232 g/mol. The lowest BCUT2D eigenvalue weighted by atomic mass is 10.1. The summed E-state index contributed by atoms with van der Waals surface area (Å²) in [7, 11) is 0. The van der Waals surface area contributed by atoms with Crippen molar-refractivity contribution >= 4 is 22.8 Å². The Balaban J connectivity index is 1.97. The van der Waals surface area contributed by atoms with E-state index in [2.05, 4.69) is 4.98 Å². The number of nitrogens with zero attached hydrogens (tertiary/aromatic N) is 1. The van der Waals surface area contributed by atoms with Crippen LogP contribution in [-0.2, 0) is 17.6 Å². The maximum atomic E-state index is 11.7. The number of nitrogen functional groups attached to an aromatic ring is 1. The van der Waals surface area contributed by atoms with Crippen molar-refractivity contribution in [3.05, 3.63) is 46.4 Å². The highest BCUT2D eigenvalue weighted by atomic mass is 32.1. The summed E-state index contributed by atoms with van der Waals surface area (Å²) in [4.78, 5) is 16.7.